The van der Waals surface area contributed by atoms with Gasteiger partial charge in [-0.2, -0.15) is 0 Å². The minimum Gasteiger partial charge on any atom is -0.314 e. The van der Waals surface area contributed by atoms with Crippen LogP contribution < -0.4 is 16.3 Å². The molecule has 1 unspecified atom stereocenters. The van der Waals surface area contributed by atoms with Crippen LogP contribution in [0, 0.1) is 11.8 Å². The molecule has 2 fully saturated rings. The van der Waals surface area contributed by atoms with Gasteiger partial charge < -0.3 is 5.32 Å². The van der Waals surface area contributed by atoms with Gasteiger partial charge in [-0.15, -0.1) is 0 Å². The van der Waals surface area contributed by atoms with Crippen molar-refractivity contribution in [1.29, 1.82) is 0 Å². The van der Waals surface area contributed by atoms with E-state index in [9.17, 15) is 14.4 Å². The van der Waals surface area contributed by atoms with E-state index in [1.54, 1.807) is 7.05 Å². The Morgan fingerprint density at radius 3 is 2.83 bits per heavy atom. The van der Waals surface area contributed by atoms with Crippen molar-refractivity contribution in [2.45, 2.75) is 31.8 Å². The number of aromatic nitrogens is 2. The number of carbonyl (C=O) groups is 2. The van der Waals surface area contributed by atoms with Crippen LogP contribution in [-0.2, 0) is 16.6 Å². The van der Waals surface area contributed by atoms with Crippen LogP contribution in [0.25, 0.3) is 11.0 Å². The lowest BCUT2D eigenvalue weighted by Crippen LogP contribution is -2.49. The monoisotopic (exact) mass is 395 g/mol. The van der Waals surface area contributed by atoms with E-state index in [1.165, 1.54) is 9.13 Å². The molecule has 2 saturated heterocycles. The first kappa shape index (κ1) is 19.4. The molecular weight excluding hydrogens is 370 g/mol. The summed E-state index contributed by atoms with van der Waals surface area (Å²) in [5, 5.41) is 5.70. The second-order valence-electron chi connectivity index (χ2n) is 7.68. The molecular formula is C21H25N5O3. The number of fused-ring (bicyclic) bond motifs is 1. The zero-order valence-electron chi connectivity index (χ0n) is 16.7. The molecule has 2 aliphatic rings. The van der Waals surface area contributed by atoms with E-state index < -0.39 is 11.9 Å². The van der Waals surface area contributed by atoms with Crippen LogP contribution in [0.1, 0.15) is 31.4 Å². The summed E-state index contributed by atoms with van der Waals surface area (Å²) in [5.74, 6) is 5.73. The molecule has 152 valence electrons. The van der Waals surface area contributed by atoms with Gasteiger partial charge in [-0.3, -0.25) is 28.9 Å². The molecule has 3 heterocycles. The molecule has 0 bridgehead atoms. The average molecular weight is 395 g/mol. The van der Waals surface area contributed by atoms with Crippen molar-refractivity contribution in [2.24, 2.45) is 7.05 Å². The Labute approximate surface area is 168 Å². The first-order valence-corrected chi connectivity index (χ1v) is 9.94. The number of carbonyl (C=O) groups excluding carboxylic acids is 2. The molecule has 1 aromatic heterocycles. The van der Waals surface area contributed by atoms with Crippen LogP contribution in [0.4, 0.5) is 0 Å². The third-order valence-corrected chi connectivity index (χ3v) is 5.77. The lowest BCUT2D eigenvalue weighted by Gasteiger charge is -2.32. The maximum Gasteiger partial charge on any atom is 0.329 e. The number of benzene rings is 1. The van der Waals surface area contributed by atoms with Crippen LogP contribution in [-0.4, -0.2) is 58.1 Å². The van der Waals surface area contributed by atoms with E-state index >= 15 is 0 Å². The molecule has 0 spiro atoms. The fraction of sp³-hybridized carbons (Fsp3) is 0.476. The quantitative estimate of drug-likeness (QED) is 0.551. The number of amides is 2. The third kappa shape index (κ3) is 3.59. The van der Waals surface area contributed by atoms with Crippen LogP contribution in [0.5, 0.6) is 0 Å². The molecule has 2 amide bonds. The molecule has 4 rings (SSSR count). The molecule has 2 aromatic rings. The average Bonchev–Trinajstić information content (AvgIpc) is 2.95. The highest BCUT2D eigenvalue weighted by atomic mass is 16.2. The predicted molar refractivity (Wildman–Crippen MR) is 109 cm³/mol. The number of rotatable bonds is 2. The molecule has 8 heteroatoms. The Morgan fingerprint density at radius 1 is 1.24 bits per heavy atom. The first-order chi connectivity index (χ1) is 14.0. The van der Waals surface area contributed by atoms with Gasteiger partial charge in [-0.1, -0.05) is 17.9 Å². The topological polar surface area (TPSA) is 88.4 Å². The summed E-state index contributed by atoms with van der Waals surface area (Å²) in [6.07, 6.45) is 0.544. The van der Waals surface area contributed by atoms with Crippen molar-refractivity contribution in [3.63, 3.8) is 0 Å². The van der Waals surface area contributed by atoms with E-state index in [4.69, 9.17) is 0 Å². The zero-order valence-corrected chi connectivity index (χ0v) is 16.7. The number of piperazine rings is 1. The summed E-state index contributed by atoms with van der Waals surface area (Å²) in [6, 6.07) is 5.32. The second kappa shape index (κ2) is 7.85. The lowest BCUT2D eigenvalue weighted by atomic mass is 10.1. The van der Waals surface area contributed by atoms with Crippen molar-refractivity contribution >= 4 is 22.8 Å². The number of hydrogen-bond acceptors (Lipinski definition) is 5. The number of imidazole rings is 1. The molecule has 8 nitrogen and oxygen atoms in total. The molecule has 0 saturated carbocycles. The van der Waals surface area contributed by atoms with Gasteiger partial charge in [0.25, 0.3) is 0 Å². The highest BCUT2D eigenvalue weighted by Gasteiger charge is 2.31. The highest BCUT2D eigenvalue weighted by Crippen LogP contribution is 2.24. The normalized spacial score (nSPS) is 23.0. The van der Waals surface area contributed by atoms with E-state index in [-0.39, 0.29) is 18.0 Å². The zero-order chi connectivity index (χ0) is 20.5. The standard InChI is InChI=1S/C21H25N5O3/c1-14-13-22-10-12-25(14)11-4-6-15-5-3-7-16-19(15)24(2)21(29)26(16)17-8-9-18(27)23-20(17)28/h3,5,7,14,17,22H,8-13H2,1-2H3,(H,23,27,28)/t14-,17?/m0/s1. The Kier molecular flexibility index (Phi) is 5.26. The maximum absolute atomic E-state index is 12.9. The van der Waals surface area contributed by atoms with E-state index in [1.807, 2.05) is 18.2 Å². The minimum absolute atomic E-state index is 0.224. The van der Waals surface area contributed by atoms with Crippen LogP contribution in [0.2, 0.25) is 0 Å². The van der Waals surface area contributed by atoms with Gasteiger partial charge in [-0.25, -0.2) is 4.79 Å². The molecule has 0 radical (unpaired) electrons. The summed E-state index contributed by atoms with van der Waals surface area (Å²) in [7, 11) is 1.69. The minimum atomic E-state index is -0.686. The number of nitrogens with one attached hydrogen (secondary N) is 2. The van der Waals surface area contributed by atoms with Crippen LogP contribution in [0.15, 0.2) is 23.0 Å². The third-order valence-electron chi connectivity index (χ3n) is 5.77. The Morgan fingerprint density at radius 2 is 2.07 bits per heavy atom. The SMILES string of the molecule is C[C@H]1CNCCN1CC#Cc1cccc2c1n(C)c(=O)n2C1CCC(=O)NC1=O. The van der Waals surface area contributed by atoms with Gasteiger partial charge in [0.05, 0.1) is 23.1 Å². The fourth-order valence-corrected chi connectivity index (χ4v) is 4.12. The van der Waals surface area contributed by atoms with Gasteiger partial charge in [-0.05, 0) is 25.5 Å². The predicted octanol–water partition coefficient (Wildman–Crippen LogP) is -0.0371. The van der Waals surface area contributed by atoms with Gasteiger partial charge in [0.15, 0.2) is 0 Å². The van der Waals surface area contributed by atoms with Gasteiger partial charge >= 0.3 is 5.69 Å². The largest absolute Gasteiger partial charge is 0.329 e. The number of hydrogen-bond donors (Lipinski definition) is 2. The smallest absolute Gasteiger partial charge is 0.314 e. The summed E-state index contributed by atoms with van der Waals surface area (Å²) in [4.78, 5) is 39.1. The Bertz CT molecular complexity index is 1090. The van der Waals surface area contributed by atoms with Crippen molar-refractivity contribution in [1.82, 2.24) is 24.7 Å². The number of piperidine rings is 1. The Hall–Kier alpha value is -2.89. The molecule has 2 atom stereocenters. The number of nitrogens with zero attached hydrogens (tertiary/aromatic N) is 3. The maximum atomic E-state index is 12.9. The van der Waals surface area contributed by atoms with Gasteiger partial charge in [0.2, 0.25) is 11.8 Å². The first-order valence-electron chi connectivity index (χ1n) is 9.94. The molecule has 0 aliphatic carbocycles. The van der Waals surface area contributed by atoms with E-state index in [0.29, 0.717) is 30.0 Å². The van der Waals surface area contributed by atoms with Crippen molar-refractivity contribution in [3.8, 4) is 11.8 Å². The van der Waals surface area contributed by atoms with E-state index in [0.717, 1.165) is 25.2 Å². The van der Waals surface area contributed by atoms with Gasteiger partial charge in [0.1, 0.15) is 6.04 Å². The lowest BCUT2D eigenvalue weighted by molar-refractivity contribution is -0.135. The van der Waals surface area contributed by atoms with E-state index in [2.05, 4.69) is 34.3 Å². The molecule has 1 aromatic carbocycles. The molecule has 2 aliphatic heterocycles. The van der Waals surface area contributed by atoms with Crippen LogP contribution >= 0.6 is 0 Å². The Balaban J connectivity index is 1.69. The summed E-state index contributed by atoms with van der Waals surface area (Å²) < 4.78 is 3.02. The number of imide groups is 1. The summed E-state index contributed by atoms with van der Waals surface area (Å²) >= 11 is 0. The van der Waals surface area contributed by atoms with Crippen molar-refractivity contribution < 1.29 is 9.59 Å². The highest BCUT2D eigenvalue weighted by molar-refractivity contribution is 6.00. The van der Waals surface area contributed by atoms with Crippen LogP contribution in [0.3, 0.4) is 0 Å². The van der Waals surface area contributed by atoms with Crippen molar-refractivity contribution in [3.05, 3.63) is 34.2 Å². The number of para-hydroxylation sites is 1. The molecule has 29 heavy (non-hydrogen) atoms. The van der Waals surface area contributed by atoms with Gasteiger partial charge in [0, 0.05) is 39.1 Å². The number of aryl methyl sites for hydroxylation is 1. The summed E-state index contributed by atoms with van der Waals surface area (Å²) in [5.41, 5.74) is 1.85. The van der Waals surface area contributed by atoms with Crippen molar-refractivity contribution in [2.75, 3.05) is 26.2 Å². The fourth-order valence-electron chi connectivity index (χ4n) is 4.12. The summed E-state index contributed by atoms with van der Waals surface area (Å²) in [6.45, 7) is 5.73. The molecule has 2 N–H and O–H groups in total. The second-order valence-corrected chi connectivity index (χ2v) is 7.68.